The number of hydrogen-bond acceptors (Lipinski definition) is 7. The Morgan fingerprint density at radius 1 is 1.26 bits per heavy atom. The Hall–Kier alpha value is -2.92. The molecule has 27 heavy (non-hydrogen) atoms. The summed E-state index contributed by atoms with van der Waals surface area (Å²) in [7, 11) is 0. The van der Waals surface area contributed by atoms with Crippen LogP contribution in [0.15, 0.2) is 24.4 Å². The highest BCUT2D eigenvalue weighted by molar-refractivity contribution is 5.99. The summed E-state index contributed by atoms with van der Waals surface area (Å²) in [4.78, 5) is 18.9. The first-order chi connectivity index (χ1) is 12.8. The molecular weight excluding hydrogens is 367 g/mol. The summed E-state index contributed by atoms with van der Waals surface area (Å²) in [6.45, 7) is -1.15. The fourth-order valence-corrected chi connectivity index (χ4v) is 2.54. The first kappa shape index (κ1) is 18.9. The van der Waals surface area contributed by atoms with E-state index >= 15 is 0 Å². The van der Waals surface area contributed by atoms with Crippen LogP contribution in [0.1, 0.15) is 11.1 Å². The van der Waals surface area contributed by atoms with Gasteiger partial charge in [-0.2, -0.15) is 18.2 Å². The molecule has 2 heterocycles. The number of alkyl halides is 3. The van der Waals surface area contributed by atoms with E-state index in [2.05, 4.69) is 25.9 Å². The van der Waals surface area contributed by atoms with Gasteiger partial charge in [-0.25, -0.2) is 4.98 Å². The number of amides is 1. The van der Waals surface area contributed by atoms with Gasteiger partial charge in [-0.15, -0.1) is 0 Å². The molecule has 11 heteroatoms. The maximum atomic E-state index is 13.1. The lowest BCUT2D eigenvalue weighted by molar-refractivity contribution is -0.137. The number of nitrogens with zero attached hydrogens (tertiary/aromatic N) is 2. The summed E-state index contributed by atoms with van der Waals surface area (Å²) in [6.07, 6.45) is -3.89. The molecule has 0 spiro atoms. The molecule has 3 rings (SSSR count). The number of aliphatic hydroxyl groups excluding tert-OH is 2. The Kier molecular flexibility index (Phi) is 5.15. The van der Waals surface area contributed by atoms with Crippen molar-refractivity contribution >= 4 is 29.0 Å². The summed E-state index contributed by atoms with van der Waals surface area (Å²) in [6, 6.07) is 3.96. The molecule has 8 nitrogen and oxygen atoms in total. The third-order valence-electron chi connectivity index (χ3n) is 3.86. The number of carbonyl (C=O) groups excluding carboxylic acids is 1. The zero-order chi connectivity index (χ0) is 19.6. The van der Waals surface area contributed by atoms with Crippen LogP contribution < -0.4 is 16.0 Å². The van der Waals surface area contributed by atoms with E-state index in [-0.39, 0.29) is 18.3 Å². The van der Waals surface area contributed by atoms with Gasteiger partial charge < -0.3 is 26.2 Å². The Labute approximate surface area is 151 Å². The van der Waals surface area contributed by atoms with Crippen LogP contribution in [-0.2, 0) is 17.4 Å². The number of hydrogen-bond donors (Lipinski definition) is 5. The maximum absolute atomic E-state index is 13.1. The van der Waals surface area contributed by atoms with Crippen LogP contribution in [0.25, 0.3) is 0 Å². The molecule has 144 valence electrons. The lowest BCUT2D eigenvalue weighted by Gasteiger charge is -2.19. The fraction of sp³-hybridized carbons (Fsp3) is 0.312. The van der Waals surface area contributed by atoms with Crippen LogP contribution >= 0.6 is 0 Å². The molecule has 0 atom stereocenters. The third-order valence-corrected chi connectivity index (χ3v) is 3.86. The molecule has 0 saturated carbocycles. The van der Waals surface area contributed by atoms with E-state index in [1.807, 2.05) is 0 Å². The van der Waals surface area contributed by atoms with Crippen LogP contribution in [0, 0.1) is 0 Å². The number of halogens is 3. The summed E-state index contributed by atoms with van der Waals surface area (Å²) >= 11 is 0. The first-order valence-electron chi connectivity index (χ1n) is 7.92. The Morgan fingerprint density at radius 3 is 2.67 bits per heavy atom. The largest absolute Gasteiger partial charge is 0.421 e. The second-order valence-corrected chi connectivity index (χ2v) is 5.88. The number of aromatic nitrogens is 2. The minimum absolute atomic E-state index is 0.114. The number of carbonyl (C=O) groups is 1. The van der Waals surface area contributed by atoms with Gasteiger partial charge >= 0.3 is 6.18 Å². The number of nitrogens with one attached hydrogen (secondary N) is 3. The van der Waals surface area contributed by atoms with Crippen molar-refractivity contribution in [3.05, 3.63) is 35.5 Å². The Balaban J connectivity index is 1.88. The second-order valence-electron chi connectivity index (χ2n) is 5.88. The average molecular weight is 383 g/mol. The molecule has 1 aromatic heterocycles. The van der Waals surface area contributed by atoms with Crippen molar-refractivity contribution in [2.75, 3.05) is 29.2 Å². The average Bonchev–Trinajstić information content (AvgIpc) is 2.98. The smallest absolute Gasteiger partial charge is 0.394 e. The quantitative estimate of drug-likeness (QED) is 0.513. The molecule has 0 saturated heterocycles. The predicted octanol–water partition coefficient (Wildman–Crippen LogP) is 1.50. The van der Waals surface area contributed by atoms with Crippen molar-refractivity contribution in [3.63, 3.8) is 0 Å². The highest BCUT2D eigenvalue weighted by atomic mass is 19.4. The summed E-state index contributed by atoms with van der Waals surface area (Å²) in [5.74, 6) is -0.818. The number of aliphatic hydroxyl groups is 2. The van der Waals surface area contributed by atoms with Crippen molar-refractivity contribution < 1.29 is 28.2 Å². The van der Waals surface area contributed by atoms with Crippen LogP contribution in [-0.4, -0.2) is 45.3 Å². The van der Waals surface area contributed by atoms with Gasteiger partial charge in [-0.1, -0.05) is 0 Å². The molecule has 1 aliphatic rings. The molecule has 1 amide bonds. The monoisotopic (exact) mass is 383 g/mol. The maximum Gasteiger partial charge on any atom is 0.421 e. The van der Waals surface area contributed by atoms with Crippen LogP contribution in [0.3, 0.4) is 0 Å². The van der Waals surface area contributed by atoms with Gasteiger partial charge in [-0.05, 0) is 23.8 Å². The predicted molar refractivity (Wildman–Crippen MR) is 90.7 cm³/mol. The number of rotatable bonds is 6. The molecule has 0 fully saturated rings. The van der Waals surface area contributed by atoms with E-state index < -0.39 is 36.8 Å². The molecule has 0 radical (unpaired) electrons. The van der Waals surface area contributed by atoms with Crippen molar-refractivity contribution in [1.82, 2.24) is 9.97 Å². The minimum Gasteiger partial charge on any atom is -0.394 e. The van der Waals surface area contributed by atoms with Crippen molar-refractivity contribution in [3.8, 4) is 0 Å². The molecule has 0 bridgehead atoms. The van der Waals surface area contributed by atoms with Crippen LogP contribution in [0.2, 0.25) is 0 Å². The molecule has 0 aliphatic carbocycles. The molecule has 1 aliphatic heterocycles. The number of benzene rings is 1. The van der Waals surface area contributed by atoms with Crippen molar-refractivity contribution in [2.45, 2.75) is 18.6 Å². The Morgan fingerprint density at radius 2 is 2.00 bits per heavy atom. The van der Waals surface area contributed by atoms with Crippen molar-refractivity contribution in [2.24, 2.45) is 0 Å². The summed E-state index contributed by atoms with van der Waals surface area (Å²) < 4.78 is 39.4. The number of anilines is 4. The lowest BCUT2D eigenvalue weighted by atomic mass is 10.1. The molecule has 2 aromatic rings. The van der Waals surface area contributed by atoms with E-state index in [1.165, 1.54) is 0 Å². The van der Waals surface area contributed by atoms with E-state index in [4.69, 9.17) is 10.2 Å². The van der Waals surface area contributed by atoms with Gasteiger partial charge in [0.15, 0.2) is 0 Å². The van der Waals surface area contributed by atoms with Gasteiger partial charge in [0.25, 0.3) is 0 Å². The van der Waals surface area contributed by atoms with Crippen LogP contribution in [0.4, 0.5) is 36.3 Å². The SMILES string of the molecule is O=C1Cc2cc(Nc3ncc(C(F)(F)F)c(NC(CO)CO)n3)ccc2N1. The summed E-state index contributed by atoms with van der Waals surface area (Å²) in [5.41, 5.74) is 0.798. The Bertz CT molecular complexity index is 856. The van der Waals surface area contributed by atoms with E-state index in [9.17, 15) is 18.0 Å². The van der Waals surface area contributed by atoms with Gasteiger partial charge in [-0.3, -0.25) is 4.79 Å². The topological polar surface area (TPSA) is 119 Å². The second kappa shape index (κ2) is 7.37. The molecule has 1 aromatic carbocycles. The zero-order valence-electron chi connectivity index (χ0n) is 13.8. The van der Waals surface area contributed by atoms with E-state index in [1.54, 1.807) is 18.2 Å². The number of fused-ring (bicyclic) bond motifs is 1. The molecule has 0 unspecified atom stereocenters. The summed E-state index contributed by atoms with van der Waals surface area (Å²) in [5, 5.41) is 26.0. The van der Waals surface area contributed by atoms with Gasteiger partial charge in [0.1, 0.15) is 11.4 Å². The van der Waals surface area contributed by atoms with Gasteiger partial charge in [0.2, 0.25) is 11.9 Å². The minimum atomic E-state index is -4.71. The lowest BCUT2D eigenvalue weighted by Crippen LogP contribution is -2.29. The molecular formula is C16H16F3N5O3. The normalized spacial score (nSPS) is 13.5. The van der Waals surface area contributed by atoms with Gasteiger partial charge in [0, 0.05) is 17.6 Å². The standard InChI is InChI=1S/C16H16F3N5O3/c17-16(18,19)11-5-20-15(24-14(11)21-10(6-25)7-26)22-9-1-2-12-8(3-9)4-13(27)23-12/h1-3,5,10,25-26H,4,6-7H2,(H,23,27)(H2,20,21,22,24). The van der Waals surface area contributed by atoms with Gasteiger partial charge in [0.05, 0.1) is 25.7 Å². The zero-order valence-corrected chi connectivity index (χ0v) is 13.8. The fourth-order valence-electron chi connectivity index (χ4n) is 2.54. The van der Waals surface area contributed by atoms with Crippen LogP contribution in [0.5, 0.6) is 0 Å². The highest BCUT2D eigenvalue weighted by Gasteiger charge is 2.35. The first-order valence-corrected chi connectivity index (χ1v) is 7.92. The molecule has 5 N–H and O–H groups in total. The van der Waals surface area contributed by atoms with E-state index in [0.717, 1.165) is 5.56 Å². The van der Waals surface area contributed by atoms with E-state index in [0.29, 0.717) is 17.6 Å². The highest BCUT2D eigenvalue weighted by Crippen LogP contribution is 2.34. The third kappa shape index (κ3) is 4.26. The van der Waals surface area contributed by atoms with Crippen molar-refractivity contribution in [1.29, 1.82) is 0 Å².